The number of thioether (sulfide) groups is 1. The minimum atomic E-state index is 0.308. The maximum atomic E-state index is 5.23. The van der Waals surface area contributed by atoms with Gasteiger partial charge in [-0.05, 0) is 24.2 Å². The molecular weight excluding hydrogens is 270 g/mol. The van der Waals surface area contributed by atoms with Crippen LogP contribution in [0.3, 0.4) is 0 Å². The first kappa shape index (κ1) is 15.1. The first-order valence-electron chi connectivity index (χ1n) is 6.94. The molecule has 0 amide bonds. The van der Waals surface area contributed by atoms with Crippen molar-refractivity contribution >= 4 is 11.8 Å². The van der Waals surface area contributed by atoms with E-state index < -0.39 is 0 Å². The molecule has 1 aromatic carbocycles. The van der Waals surface area contributed by atoms with Crippen LogP contribution in [0.2, 0.25) is 0 Å². The van der Waals surface area contributed by atoms with Gasteiger partial charge in [-0.25, -0.2) is 0 Å². The van der Waals surface area contributed by atoms with Crippen LogP contribution in [0, 0.1) is 0 Å². The van der Waals surface area contributed by atoms with Gasteiger partial charge in [-0.2, -0.15) is 4.98 Å². The van der Waals surface area contributed by atoms with Crippen LogP contribution in [0.4, 0.5) is 0 Å². The van der Waals surface area contributed by atoms with Gasteiger partial charge in [-0.15, -0.1) is 11.8 Å². The topological polar surface area (TPSA) is 51.0 Å². The Kier molecular flexibility index (Phi) is 5.61. The molecule has 0 saturated carbocycles. The van der Waals surface area contributed by atoms with E-state index in [4.69, 9.17) is 4.52 Å². The van der Waals surface area contributed by atoms with E-state index in [-0.39, 0.29) is 0 Å². The minimum Gasteiger partial charge on any atom is -0.338 e. The number of hydrogen-bond acceptors (Lipinski definition) is 5. The molecule has 1 heterocycles. The van der Waals surface area contributed by atoms with E-state index >= 15 is 0 Å². The van der Waals surface area contributed by atoms with Crippen molar-refractivity contribution in [2.45, 2.75) is 43.9 Å². The Balaban J connectivity index is 1.86. The molecule has 0 saturated heterocycles. The van der Waals surface area contributed by atoms with Crippen LogP contribution in [0.25, 0.3) is 0 Å². The lowest BCUT2D eigenvalue weighted by Crippen LogP contribution is -2.11. The predicted molar refractivity (Wildman–Crippen MR) is 81.8 cm³/mol. The highest BCUT2D eigenvalue weighted by Crippen LogP contribution is 2.23. The second kappa shape index (κ2) is 7.45. The molecule has 0 bridgehead atoms. The van der Waals surface area contributed by atoms with Gasteiger partial charge in [-0.1, -0.05) is 38.1 Å². The third-order valence-electron chi connectivity index (χ3n) is 2.86. The van der Waals surface area contributed by atoms with Gasteiger partial charge in [0.15, 0.2) is 5.82 Å². The summed E-state index contributed by atoms with van der Waals surface area (Å²) in [6.07, 6.45) is 0. The highest BCUT2D eigenvalue weighted by molar-refractivity contribution is 7.98. The number of aromatic nitrogens is 2. The first-order chi connectivity index (χ1) is 9.69. The smallest absolute Gasteiger partial charge is 0.237 e. The molecule has 108 valence electrons. The lowest BCUT2D eigenvalue weighted by Gasteiger charge is -2.03. The van der Waals surface area contributed by atoms with Crippen molar-refractivity contribution in [1.29, 1.82) is 0 Å². The Bertz CT molecular complexity index is 522. The zero-order chi connectivity index (χ0) is 14.4. The normalized spacial score (nSPS) is 11.2. The van der Waals surface area contributed by atoms with Crippen LogP contribution in [0.1, 0.15) is 44.0 Å². The minimum absolute atomic E-state index is 0.308. The monoisotopic (exact) mass is 291 g/mol. The number of nitrogens with one attached hydrogen (secondary N) is 1. The molecule has 20 heavy (non-hydrogen) atoms. The summed E-state index contributed by atoms with van der Waals surface area (Å²) in [5.41, 5.74) is 1.30. The third kappa shape index (κ3) is 4.35. The zero-order valence-corrected chi connectivity index (χ0v) is 13.0. The van der Waals surface area contributed by atoms with Crippen molar-refractivity contribution in [3.05, 3.63) is 41.5 Å². The molecule has 5 heteroatoms. The van der Waals surface area contributed by atoms with Gasteiger partial charge in [0.25, 0.3) is 0 Å². The molecular formula is C15H21N3OS. The van der Waals surface area contributed by atoms with Crippen LogP contribution in [-0.2, 0) is 12.3 Å². The summed E-state index contributed by atoms with van der Waals surface area (Å²) < 4.78 is 5.23. The second-order valence-electron chi connectivity index (χ2n) is 4.91. The fourth-order valence-electron chi connectivity index (χ4n) is 1.68. The molecule has 2 rings (SSSR count). The molecule has 1 N–H and O–H groups in total. The van der Waals surface area contributed by atoms with Crippen molar-refractivity contribution in [1.82, 2.24) is 15.5 Å². The lowest BCUT2D eigenvalue weighted by atomic mass is 10.2. The van der Waals surface area contributed by atoms with Crippen molar-refractivity contribution in [3.8, 4) is 0 Å². The molecule has 0 fully saturated rings. The Morgan fingerprint density at radius 3 is 2.60 bits per heavy atom. The second-order valence-corrected chi connectivity index (χ2v) is 5.96. The van der Waals surface area contributed by atoms with Crippen LogP contribution in [0.15, 0.2) is 33.7 Å². The van der Waals surface area contributed by atoms with Gasteiger partial charge in [-0.3, -0.25) is 0 Å². The van der Waals surface area contributed by atoms with E-state index in [1.807, 2.05) is 0 Å². The Morgan fingerprint density at radius 2 is 2.00 bits per heavy atom. The molecule has 4 nitrogen and oxygen atoms in total. The number of rotatable bonds is 7. The van der Waals surface area contributed by atoms with E-state index in [0.717, 1.165) is 18.9 Å². The van der Waals surface area contributed by atoms with E-state index in [2.05, 4.69) is 60.5 Å². The van der Waals surface area contributed by atoms with Gasteiger partial charge in [0.2, 0.25) is 5.89 Å². The Hall–Kier alpha value is -1.33. The van der Waals surface area contributed by atoms with Crippen LogP contribution >= 0.6 is 11.8 Å². The summed E-state index contributed by atoms with van der Waals surface area (Å²) in [5.74, 6) is 2.49. The van der Waals surface area contributed by atoms with Crippen molar-refractivity contribution in [3.63, 3.8) is 0 Å². The molecule has 0 atom stereocenters. The van der Waals surface area contributed by atoms with E-state index in [1.54, 1.807) is 11.8 Å². The summed E-state index contributed by atoms with van der Waals surface area (Å²) in [6, 6.07) is 8.57. The van der Waals surface area contributed by atoms with Gasteiger partial charge in [0, 0.05) is 17.4 Å². The fraction of sp³-hybridized carbons (Fsp3) is 0.467. The molecule has 0 aliphatic heterocycles. The molecule has 2 aromatic rings. The molecule has 0 aliphatic rings. The van der Waals surface area contributed by atoms with E-state index in [1.165, 1.54) is 10.5 Å². The molecule has 0 radical (unpaired) electrons. The highest BCUT2D eigenvalue weighted by Gasteiger charge is 2.09. The third-order valence-corrected chi connectivity index (χ3v) is 3.86. The Labute approximate surface area is 124 Å². The van der Waals surface area contributed by atoms with E-state index in [9.17, 15) is 0 Å². The Morgan fingerprint density at radius 1 is 1.25 bits per heavy atom. The average molecular weight is 291 g/mol. The summed E-state index contributed by atoms with van der Waals surface area (Å²) in [4.78, 5) is 5.59. The van der Waals surface area contributed by atoms with Crippen LogP contribution in [0.5, 0.6) is 0 Å². The summed E-state index contributed by atoms with van der Waals surface area (Å²) >= 11 is 1.71. The quantitative estimate of drug-likeness (QED) is 0.790. The van der Waals surface area contributed by atoms with Gasteiger partial charge >= 0.3 is 0 Å². The molecule has 0 unspecified atom stereocenters. The van der Waals surface area contributed by atoms with Crippen molar-refractivity contribution < 1.29 is 4.52 Å². The fourth-order valence-corrected chi connectivity index (χ4v) is 2.42. The lowest BCUT2D eigenvalue weighted by molar-refractivity contribution is 0.383. The summed E-state index contributed by atoms with van der Waals surface area (Å²) in [6.45, 7) is 8.14. The largest absolute Gasteiger partial charge is 0.338 e. The summed E-state index contributed by atoms with van der Waals surface area (Å²) in [7, 11) is 0. The zero-order valence-electron chi connectivity index (χ0n) is 12.2. The number of benzene rings is 1. The SMILES string of the molecule is CCNCc1ccc(SCc2nc(C(C)C)no2)cc1. The standard InChI is InChI=1S/C15H21N3OS/c1-4-16-9-12-5-7-13(8-6-12)20-10-14-17-15(11(2)3)18-19-14/h5-8,11,16H,4,9-10H2,1-3H3. The predicted octanol–water partition coefficient (Wildman–Crippen LogP) is 3.59. The maximum Gasteiger partial charge on any atom is 0.237 e. The maximum absolute atomic E-state index is 5.23. The first-order valence-corrected chi connectivity index (χ1v) is 7.92. The number of hydrogen-bond donors (Lipinski definition) is 1. The average Bonchev–Trinajstić information content (AvgIpc) is 2.93. The van der Waals surface area contributed by atoms with E-state index in [0.29, 0.717) is 17.6 Å². The molecule has 0 spiro atoms. The molecule has 0 aliphatic carbocycles. The van der Waals surface area contributed by atoms with Crippen LogP contribution < -0.4 is 5.32 Å². The highest BCUT2D eigenvalue weighted by atomic mass is 32.2. The van der Waals surface area contributed by atoms with Crippen molar-refractivity contribution in [2.24, 2.45) is 0 Å². The van der Waals surface area contributed by atoms with Gasteiger partial charge in [0.1, 0.15) is 0 Å². The molecule has 1 aromatic heterocycles. The summed E-state index contributed by atoms with van der Waals surface area (Å²) in [5, 5.41) is 7.28. The van der Waals surface area contributed by atoms with Crippen LogP contribution in [-0.4, -0.2) is 16.7 Å². The van der Waals surface area contributed by atoms with Crippen molar-refractivity contribution in [2.75, 3.05) is 6.54 Å². The number of nitrogens with zero attached hydrogens (tertiary/aromatic N) is 2. The van der Waals surface area contributed by atoms with Gasteiger partial charge in [0.05, 0.1) is 5.75 Å². The van der Waals surface area contributed by atoms with Gasteiger partial charge < -0.3 is 9.84 Å².